The van der Waals surface area contributed by atoms with Gasteiger partial charge in [-0.1, -0.05) is 19.0 Å². The summed E-state index contributed by atoms with van der Waals surface area (Å²) >= 11 is 1.56. The molecule has 0 N–H and O–H groups in total. The molecule has 1 atom stereocenters. The molecule has 0 aromatic carbocycles. The molecule has 1 amide bonds. The number of hydrogen-bond donors (Lipinski definition) is 0. The zero-order valence-corrected chi connectivity index (χ0v) is 14.5. The minimum absolute atomic E-state index is 0.0687. The number of hydrogen-bond acceptors (Lipinski definition) is 6. The van der Waals surface area contributed by atoms with E-state index in [1.807, 2.05) is 40.9 Å². The SMILES string of the molecule is CC(C)c1nc(C2CCCN2C(=O)Cc2cn3ccsc3n2)no1. The van der Waals surface area contributed by atoms with Crippen LogP contribution in [-0.2, 0) is 11.2 Å². The highest BCUT2D eigenvalue weighted by Gasteiger charge is 2.33. The third-order valence-corrected chi connectivity index (χ3v) is 5.07. The minimum atomic E-state index is -0.0857. The molecule has 1 unspecified atom stereocenters. The van der Waals surface area contributed by atoms with Crippen molar-refractivity contribution in [3.8, 4) is 0 Å². The fourth-order valence-electron chi connectivity index (χ4n) is 3.07. The molecule has 24 heavy (non-hydrogen) atoms. The number of rotatable bonds is 4. The van der Waals surface area contributed by atoms with Gasteiger partial charge in [0.1, 0.15) is 0 Å². The quantitative estimate of drug-likeness (QED) is 0.727. The Morgan fingerprint density at radius 2 is 2.33 bits per heavy atom. The average molecular weight is 345 g/mol. The Bertz CT molecular complexity index is 836. The van der Waals surface area contributed by atoms with Crippen molar-refractivity contribution in [2.75, 3.05) is 6.54 Å². The third-order valence-electron chi connectivity index (χ3n) is 4.30. The van der Waals surface area contributed by atoms with E-state index in [-0.39, 0.29) is 17.9 Å². The van der Waals surface area contributed by atoms with Crippen molar-refractivity contribution in [1.29, 1.82) is 0 Å². The summed E-state index contributed by atoms with van der Waals surface area (Å²) < 4.78 is 7.25. The number of imidazole rings is 1. The summed E-state index contributed by atoms with van der Waals surface area (Å²) in [6.07, 6.45) is 6.01. The number of aromatic nitrogens is 4. The van der Waals surface area contributed by atoms with Crippen LogP contribution in [0, 0.1) is 0 Å². The number of nitrogens with zero attached hydrogens (tertiary/aromatic N) is 5. The molecule has 0 saturated carbocycles. The number of likely N-dealkylation sites (tertiary alicyclic amines) is 1. The topological polar surface area (TPSA) is 76.5 Å². The molecule has 1 fully saturated rings. The van der Waals surface area contributed by atoms with Gasteiger partial charge in [0.15, 0.2) is 10.8 Å². The molecular weight excluding hydrogens is 326 g/mol. The molecule has 7 nitrogen and oxygen atoms in total. The van der Waals surface area contributed by atoms with E-state index in [9.17, 15) is 4.79 Å². The first-order chi connectivity index (χ1) is 11.6. The number of amides is 1. The van der Waals surface area contributed by atoms with Crippen molar-refractivity contribution in [1.82, 2.24) is 24.4 Å². The van der Waals surface area contributed by atoms with Crippen LogP contribution in [0.1, 0.15) is 56.1 Å². The molecule has 0 radical (unpaired) electrons. The van der Waals surface area contributed by atoms with Crippen LogP contribution in [0.3, 0.4) is 0 Å². The van der Waals surface area contributed by atoms with E-state index in [1.165, 1.54) is 0 Å². The molecule has 4 rings (SSSR count). The molecule has 1 saturated heterocycles. The lowest BCUT2D eigenvalue weighted by Gasteiger charge is -2.21. The molecule has 1 aliphatic rings. The Labute approximate surface area is 143 Å². The maximum absolute atomic E-state index is 12.7. The minimum Gasteiger partial charge on any atom is -0.339 e. The molecule has 8 heteroatoms. The van der Waals surface area contributed by atoms with E-state index in [4.69, 9.17) is 4.52 Å². The van der Waals surface area contributed by atoms with Gasteiger partial charge in [0.2, 0.25) is 11.8 Å². The summed E-state index contributed by atoms with van der Waals surface area (Å²) in [4.78, 5) is 24.5. The van der Waals surface area contributed by atoms with Gasteiger partial charge in [0.05, 0.1) is 18.2 Å². The summed E-state index contributed by atoms with van der Waals surface area (Å²) in [6.45, 7) is 4.76. The first kappa shape index (κ1) is 15.3. The number of carbonyl (C=O) groups excluding carboxylic acids is 1. The van der Waals surface area contributed by atoms with E-state index in [0.717, 1.165) is 30.0 Å². The fourth-order valence-corrected chi connectivity index (χ4v) is 3.79. The highest BCUT2D eigenvalue weighted by molar-refractivity contribution is 7.15. The highest BCUT2D eigenvalue weighted by atomic mass is 32.1. The lowest BCUT2D eigenvalue weighted by molar-refractivity contribution is -0.131. The number of thiazole rings is 1. The maximum atomic E-state index is 12.7. The van der Waals surface area contributed by atoms with Crippen LogP contribution in [-0.4, -0.2) is 36.9 Å². The summed E-state index contributed by atoms with van der Waals surface area (Å²) in [5.41, 5.74) is 0.800. The van der Waals surface area contributed by atoms with Gasteiger partial charge in [-0.3, -0.25) is 9.20 Å². The van der Waals surface area contributed by atoms with Crippen LogP contribution < -0.4 is 0 Å². The van der Waals surface area contributed by atoms with Gasteiger partial charge in [0, 0.05) is 30.2 Å². The fraction of sp³-hybridized carbons (Fsp3) is 0.500. The largest absolute Gasteiger partial charge is 0.339 e. The second-order valence-corrected chi connectivity index (χ2v) is 7.27. The van der Waals surface area contributed by atoms with Gasteiger partial charge in [0.25, 0.3) is 0 Å². The smallest absolute Gasteiger partial charge is 0.229 e. The van der Waals surface area contributed by atoms with Crippen LogP contribution in [0.5, 0.6) is 0 Å². The van der Waals surface area contributed by atoms with Crippen molar-refractivity contribution in [2.45, 2.75) is 45.1 Å². The van der Waals surface area contributed by atoms with Gasteiger partial charge < -0.3 is 9.42 Å². The molecule has 126 valence electrons. The van der Waals surface area contributed by atoms with Crippen molar-refractivity contribution in [3.63, 3.8) is 0 Å². The summed E-state index contributed by atoms with van der Waals surface area (Å²) in [5.74, 6) is 1.50. The van der Waals surface area contributed by atoms with Crippen LogP contribution in [0.4, 0.5) is 0 Å². The maximum Gasteiger partial charge on any atom is 0.229 e. The summed E-state index contributed by atoms with van der Waals surface area (Å²) in [5, 5.41) is 6.07. The molecule has 0 aliphatic carbocycles. The second kappa shape index (κ2) is 6.01. The number of fused-ring (bicyclic) bond motifs is 1. The third kappa shape index (κ3) is 2.71. The summed E-state index contributed by atoms with van der Waals surface area (Å²) in [7, 11) is 0. The predicted molar refractivity (Wildman–Crippen MR) is 88.8 cm³/mol. The first-order valence-electron chi connectivity index (χ1n) is 8.16. The lowest BCUT2D eigenvalue weighted by atomic mass is 10.2. The van der Waals surface area contributed by atoms with Gasteiger partial charge >= 0.3 is 0 Å². The standard InChI is InChI=1S/C16H19N5O2S/c1-10(2)15-18-14(19-23-15)12-4-3-5-21(12)13(22)8-11-9-20-6-7-24-16(20)17-11/h6-7,9-10,12H,3-5,8H2,1-2H3. The molecule has 1 aliphatic heterocycles. The van der Waals surface area contributed by atoms with E-state index >= 15 is 0 Å². The molecule has 4 heterocycles. The van der Waals surface area contributed by atoms with Gasteiger partial charge in [-0.25, -0.2) is 4.98 Å². The Kier molecular flexibility index (Phi) is 3.84. The van der Waals surface area contributed by atoms with Crippen molar-refractivity contribution < 1.29 is 9.32 Å². The van der Waals surface area contributed by atoms with Gasteiger partial charge in [-0.05, 0) is 12.8 Å². The first-order valence-corrected chi connectivity index (χ1v) is 9.04. The predicted octanol–water partition coefficient (Wildman–Crippen LogP) is 2.81. The Morgan fingerprint density at radius 1 is 1.46 bits per heavy atom. The molecule has 0 bridgehead atoms. The number of carbonyl (C=O) groups is 1. The van der Waals surface area contributed by atoms with Crippen LogP contribution in [0.2, 0.25) is 0 Å². The van der Waals surface area contributed by atoms with Gasteiger partial charge in [-0.15, -0.1) is 11.3 Å². The summed E-state index contributed by atoms with van der Waals surface area (Å²) in [6, 6.07) is -0.0857. The van der Waals surface area contributed by atoms with Gasteiger partial charge in [-0.2, -0.15) is 4.98 Å². The molecule has 3 aromatic rings. The molecule has 0 spiro atoms. The van der Waals surface area contributed by atoms with E-state index in [1.54, 1.807) is 11.3 Å². The van der Waals surface area contributed by atoms with Crippen molar-refractivity contribution >= 4 is 22.2 Å². The van der Waals surface area contributed by atoms with Crippen LogP contribution in [0.15, 0.2) is 22.3 Å². The Hall–Kier alpha value is -2.22. The monoisotopic (exact) mass is 345 g/mol. The zero-order valence-electron chi connectivity index (χ0n) is 13.7. The second-order valence-electron chi connectivity index (χ2n) is 6.39. The highest BCUT2D eigenvalue weighted by Crippen LogP contribution is 2.31. The zero-order chi connectivity index (χ0) is 16.7. The van der Waals surface area contributed by atoms with E-state index in [2.05, 4.69) is 15.1 Å². The Balaban J connectivity index is 1.50. The van der Waals surface area contributed by atoms with Crippen molar-refractivity contribution in [2.24, 2.45) is 0 Å². The van der Waals surface area contributed by atoms with Crippen LogP contribution in [0.25, 0.3) is 4.96 Å². The lowest BCUT2D eigenvalue weighted by Crippen LogP contribution is -2.32. The van der Waals surface area contributed by atoms with E-state index < -0.39 is 0 Å². The normalized spacial score (nSPS) is 18.1. The Morgan fingerprint density at radius 3 is 3.08 bits per heavy atom. The van der Waals surface area contributed by atoms with Crippen LogP contribution >= 0.6 is 11.3 Å². The molecular formula is C16H19N5O2S. The van der Waals surface area contributed by atoms with Crippen molar-refractivity contribution in [3.05, 3.63) is 35.2 Å². The molecule has 3 aromatic heterocycles. The van der Waals surface area contributed by atoms with E-state index in [0.29, 0.717) is 18.1 Å². The average Bonchev–Trinajstić information content (AvgIpc) is 3.29.